The van der Waals surface area contributed by atoms with Gasteiger partial charge in [0.05, 0.1) is 6.20 Å². The van der Waals surface area contributed by atoms with Crippen LogP contribution in [0.1, 0.15) is 28.9 Å². The molecular formula is C16H20N4O2. The number of benzene rings is 1. The van der Waals surface area contributed by atoms with Gasteiger partial charge in [0.2, 0.25) is 0 Å². The Morgan fingerprint density at radius 3 is 2.68 bits per heavy atom. The van der Waals surface area contributed by atoms with Crippen LogP contribution in [0.25, 0.3) is 0 Å². The van der Waals surface area contributed by atoms with Gasteiger partial charge in [0.15, 0.2) is 5.69 Å². The number of nitrogens with zero attached hydrogens (tertiary/aromatic N) is 3. The predicted molar refractivity (Wildman–Crippen MR) is 81.5 cm³/mol. The lowest BCUT2D eigenvalue weighted by molar-refractivity contribution is 0.0486. The Kier molecular flexibility index (Phi) is 4.20. The van der Waals surface area contributed by atoms with Gasteiger partial charge in [0.25, 0.3) is 5.91 Å². The molecule has 1 amide bonds. The molecule has 0 atom stereocenters. The number of nitrogens with one attached hydrogen (secondary N) is 1. The molecule has 1 aromatic heterocycles. The van der Waals surface area contributed by atoms with Crippen LogP contribution in [0, 0.1) is 0 Å². The molecule has 1 aliphatic rings. The Morgan fingerprint density at radius 1 is 1.32 bits per heavy atom. The second-order valence-corrected chi connectivity index (χ2v) is 5.72. The molecule has 3 rings (SSSR count). The third kappa shape index (κ3) is 3.01. The standard InChI is InChI=1S/C16H20N4O2/c1-20-11-14(18-19-20)15(21)17-12-16(7-9-22-10-8-16)13-5-3-2-4-6-13/h2-6,11H,7-10,12H2,1H3,(H,17,21). The molecule has 1 aromatic carbocycles. The summed E-state index contributed by atoms with van der Waals surface area (Å²) in [5.74, 6) is -0.185. The summed E-state index contributed by atoms with van der Waals surface area (Å²) in [6, 6.07) is 10.3. The molecule has 22 heavy (non-hydrogen) atoms. The predicted octanol–water partition coefficient (Wildman–Crippen LogP) is 1.29. The van der Waals surface area contributed by atoms with E-state index in [-0.39, 0.29) is 11.3 Å². The fourth-order valence-corrected chi connectivity index (χ4v) is 2.91. The summed E-state index contributed by atoms with van der Waals surface area (Å²) in [6.45, 7) is 2.02. The third-order valence-electron chi connectivity index (χ3n) is 4.26. The van der Waals surface area contributed by atoms with Crippen LogP contribution in [0.4, 0.5) is 0 Å². The van der Waals surface area contributed by atoms with Crippen molar-refractivity contribution < 1.29 is 9.53 Å². The highest BCUT2D eigenvalue weighted by atomic mass is 16.5. The molecular weight excluding hydrogens is 280 g/mol. The first kappa shape index (κ1) is 14.7. The number of aryl methyl sites for hydroxylation is 1. The average Bonchev–Trinajstić information content (AvgIpc) is 3.01. The normalized spacial score (nSPS) is 17.1. The van der Waals surface area contributed by atoms with Gasteiger partial charge < -0.3 is 10.1 Å². The topological polar surface area (TPSA) is 69.0 Å². The Hall–Kier alpha value is -2.21. The smallest absolute Gasteiger partial charge is 0.273 e. The minimum atomic E-state index is -0.185. The lowest BCUT2D eigenvalue weighted by atomic mass is 9.74. The minimum Gasteiger partial charge on any atom is -0.381 e. The van der Waals surface area contributed by atoms with Crippen molar-refractivity contribution in [1.29, 1.82) is 0 Å². The summed E-state index contributed by atoms with van der Waals surface area (Å²) >= 11 is 0. The average molecular weight is 300 g/mol. The maximum Gasteiger partial charge on any atom is 0.273 e. The van der Waals surface area contributed by atoms with Crippen LogP contribution in [0.2, 0.25) is 0 Å². The first-order valence-corrected chi connectivity index (χ1v) is 7.47. The molecule has 0 aliphatic carbocycles. The summed E-state index contributed by atoms with van der Waals surface area (Å²) < 4.78 is 7.03. The molecule has 1 N–H and O–H groups in total. The van der Waals surface area contributed by atoms with E-state index < -0.39 is 0 Å². The summed E-state index contributed by atoms with van der Waals surface area (Å²) in [4.78, 5) is 12.2. The number of ether oxygens (including phenoxy) is 1. The van der Waals surface area contributed by atoms with Gasteiger partial charge in [-0.2, -0.15) is 0 Å². The number of carbonyl (C=O) groups is 1. The first-order valence-electron chi connectivity index (χ1n) is 7.47. The van der Waals surface area contributed by atoms with E-state index in [0.717, 1.165) is 26.1 Å². The molecule has 6 heteroatoms. The highest BCUT2D eigenvalue weighted by Gasteiger charge is 2.34. The first-order chi connectivity index (χ1) is 10.7. The molecule has 0 unspecified atom stereocenters. The Bertz CT molecular complexity index is 633. The van der Waals surface area contributed by atoms with Crippen molar-refractivity contribution in [2.75, 3.05) is 19.8 Å². The van der Waals surface area contributed by atoms with E-state index in [9.17, 15) is 4.79 Å². The van der Waals surface area contributed by atoms with E-state index in [1.165, 1.54) is 10.2 Å². The zero-order valence-electron chi connectivity index (χ0n) is 12.7. The van der Waals surface area contributed by atoms with Crippen LogP contribution in [0.15, 0.2) is 36.5 Å². The molecule has 0 saturated carbocycles. The van der Waals surface area contributed by atoms with Crippen LogP contribution >= 0.6 is 0 Å². The molecule has 2 aromatic rings. The molecule has 1 fully saturated rings. The molecule has 116 valence electrons. The van der Waals surface area contributed by atoms with Crippen LogP contribution in [-0.2, 0) is 17.2 Å². The number of hydrogen-bond donors (Lipinski definition) is 1. The SMILES string of the molecule is Cn1cc(C(=O)NCC2(c3ccccc3)CCOCC2)nn1. The molecule has 2 heterocycles. The molecule has 6 nitrogen and oxygen atoms in total. The zero-order chi connectivity index (χ0) is 15.4. The van der Waals surface area contributed by atoms with Crippen LogP contribution in [0.5, 0.6) is 0 Å². The Morgan fingerprint density at radius 2 is 2.05 bits per heavy atom. The number of rotatable bonds is 4. The fourth-order valence-electron chi connectivity index (χ4n) is 2.91. The van der Waals surface area contributed by atoms with Gasteiger partial charge in [0, 0.05) is 32.2 Å². The molecule has 0 spiro atoms. The molecule has 0 radical (unpaired) electrons. The van der Waals surface area contributed by atoms with Gasteiger partial charge in [-0.25, -0.2) is 0 Å². The van der Waals surface area contributed by atoms with Crippen molar-refractivity contribution >= 4 is 5.91 Å². The quantitative estimate of drug-likeness (QED) is 0.924. The largest absolute Gasteiger partial charge is 0.381 e. The molecule has 1 aliphatic heterocycles. The van der Waals surface area contributed by atoms with Crippen LogP contribution < -0.4 is 5.32 Å². The van der Waals surface area contributed by atoms with Gasteiger partial charge >= 0.3 is 0 Å². The second-order valence-electron chi connectivity index (χ2n) is 5.72. The van der Waals surface area contributed by atoms with Gasteiger partial charge in [-0.3, -0.25) is 9.48 Å². The highest BCUT2D eigenvalue weighted by molar-refractivity contribution is 5.91. The van der Waals surface area contributed by atoms with Gasteiger partial charge in [-0.15, -0.1) is 5.10 Å². The summed E-state index contributed by atoms with van der Waals surface area (Å²) in [6.07, 6.45) is 3.42. The lowest BCUT2D eigenvalue weighted by Crippen LogP contribution is -2.44. The van der Waals surface area contributed by atoms with Gasteiger partial charge in [0.1, 0.15) is 0 Å². The van der Waals surface area contributed by atoms with Gasteiger partial charge in [-0.05, 0) is 18.4 Å². The zero-order valence-corrected chi connectivity index (χ0v) is 12.7. The van der Waals surface area contributed by atoms with E-state index in [4.69, 9.17) is 4.74 Å². The second kappa shape index (κ2) is 6.27. The summed E-state index contributed by atoms with van der Waals surface area (Å²) in [5.41, 5.74) is 1.52. The van der Waals surface area contributed by atoms with E-state index >= 15 is 0 Å². The maximum atomic E-state index is 12.2. The fraction of sp³-hybridized carbons (Fsp3) is 0.438. The Balaban J connectivity index is 1.75. The van der Waals surface area contributed by atoms with E-state index in [1.807, 2.05) is 18.2 Å². The summed E-state index contributed by atoms with van der Waals surface area (Å²) in [5, 5.41) is 10.7. The summed E-state index contributed by atoms with van der Waals surface area (Å²) in [7, 11) is 1.74. The maximum absolute atomic E-state index is 12.2. The van der Waals surface area contributed by atoms with Crippen molar-refractivity contribution in [1.82, 2.24) is 20.3 Å². The van der Waals surface area contributed by atoms with Crippen molar-refractivity contribution in [3.05, 3.63) is 47.8 Å². The van der Waals surface area contributed by atoms with Crippen molar-refractivity contribution in [3.63, 3.8) is 0 Å². The monoisotopic (exact) mass is 300 g/mol. The van der Waals surface area contributed by atoms with Crippen molar-refractivity contribution in [2.24, 2.45) is 7.05 Å². The number of aromatic nitrogens is 3. The van der Waals surface area contributed by atoms with Crippen LogP contribution in [0.3, 0.4) is 0 Å². The van der Waals surface area contributed by atoms with E-state index in [0.29, 0.717) is 12.2 Å². The van der Waals surface area contributed by atoms with Crippen molar-refractivity contribution in [2.45, 2.75) is 18.3 Å². The molecule has 1 saturated heterocycles. The minimum absolute atomic E-state index is 0.0720. The number of carbonyl (C=O) groups excluding carboxylic acids is 1. The number of amides is 1. The lowest BCUT2D eigenvalue weighted by Gasteiger charge is -2.37. The number of hydrogen-bond acceptors (Lipinski definition) is 4. The van der Waals surface area contributed by atoms with E-state index in [2.05, 4.69) is 27.8 Å². The van der Waals surface area contributed by atoms with E-state index in [1.54, 1.807) is 13.2 Å². The highest BCUT2D eigenvalue weighted by Crippen LogP contribution is 2.34. The third-order valence-corrected chi connectivity index (χ3v) is 4.26. The molecule has 0 bridgehead atoms. The Labute approximate surface area is 129 Å². The van der Waals surface area contributed by atoms with Gasteiger partial charge in [-0.1, -0.05) is 35.5 Å². The van der Waals surface area contributed by atoms with Crippen molar-refractivity contribution in [3.8, 4) is 0 Å². The van der Waals surface area contributed by atoms with Crippen LogP contribution in [-0.4, -0.2) is 40.7 Å².